The summed E-state index contributed by atoms with van der Waals surface area (Å²) in [6.45, 7) is 6.87. The lowest BCUT2D eigenvalue weighted by molar-refractivity contribution is 0.602. The Labute approximate surface area is 126 Å². The number of anilines is 2. The topological polar surface area (TPSA) is 84.0 Å². The molecule has 118 valence electrons. The lowest BCUT2D eigenvalue weighted by atomic mass is 10.2. The Balaban J connectivity index is 2.24. The van der Waals surface area contributed by atoms with Gasteiger partial charge in [-0.2, -0.15) is 0 Å². The van der Waals surface area contributed by atoms with Crippen LogP contribution in [0.15, 0.2) is 0 Å². The number of rotatable bonds is 6. The van der Waals surface area contributed by atoms with Crippen LogP contribution in [0.2, 0.25) is 0 Å². The van der Waals surface area contributed by atoms with Crippen molar-refractivity contribution in [2.75, 3.05) is 28.7 Å². The highest BCUT2D eigenvalue weighted by atomic mass is 32.2. The second-order valence-electron chi connectivity index (χ2n) is 5.49. The molecule has 0 saturated carbocycles. The number of aryl methyl sites for hydroxylation is 1. The summed E-state index contributed by atoms with van der Waals surface area (Å²) in [5, 5.41) is 6.54. The molecule has 2 N–H and O–H groups in total. The van der Waals surface area contributed by atoms with Crippen LogP contribution >= 0.6 is 0 Å². The molecule has 1 aromatic heterocycles. The van der Waals surface area contributed by atoms with E-state index >= 15 is 0 Å². The molecule has 0 aliphatic carbocycles. The highest BCUT2D eigenvalue weighted by molar-refractivity contribution is 7.91. The summed E-state index contributed by atoms with van der Waals surface area (Å²) in [5.74, 6) is 2.83. The number of hydrogen-bond donors (Lipinski definition) is 2. The van der Waals surface area contributed by atoms with E-state index < -0.39 is 9.84 Å². The van der Waals surface area contributed by atoms with Crippen LogP contribution < -0.4 is 10.6 Å². The fourth-order valence-corrected chi connectivity index (χ4v) is 4.15. The average molecular weight is 312 g/mol. The minimum absolute atomic E-state index is 0.0486. The van der Waals surface area contributed by atoms with Crippen molar-refractivity contribution in [3.05, 3.63) is 11.4 Å². The number of aromatic nitrogens is 2. The van der Waals surface area contributed by atoms with E-state index in [1.165, 1.54) is 0 Å². The van der Waals surface area contributed by atoms with E-state index in [2.05, 4.69) is 27.5 Å². The molecule has 2 rings (SSSR count). The summed E-state index contributed by atoms with van der Waals surface area (Å²) in [6, 6.07) is -0.0486. The fourth-order valence-electron chi connectivity index (χ4n) is 2.48. The Hall–Kier alpha value is -1.37. The molecule has 6 nitrogen and oxygen atoms in total. The minimum Gasteiger partial charge on any atom is -0.370 e. The van der Waals surface area contributed by atoms with Gasteiger partial charge >= 0.3 is 0 Å². The maximum atomic E-state index is 11.6. The molecular weight excluding hydrogens is 288 g/mol. The van der Waals surface area contributed by atoms with Crippen molar-refractivity contribution in [1.29, 1.82) is 0 Å². The Bertz CT molecular complexity index is 601. The zero-order valence-corrected chi connectivity index (χ0v) is 13.8. The number of nitrogens with zero attached hydrogens (tertiary/aromatic N) is 2. The van der Waals surface area contributed by atoms with Crippen LogP contribution in [-0.2, 0) is 16.3 Å². The largest absolute Gasteiger partial charge is 0.370 e. The van der Waals surface area contributed by atoms with Crippen molar-refractivity contribution in [1.82, 2.24) is 9.97 Å². The first kappa shape index (κ1) is 16.0. The van der Waals surface area contributed by atoms with Gasteiger partial charge in [0.05, 0.1) is 11.5 Å². The molecule has 2 heterocycles. The van der Waals surface area contributed by atoms with Crippen LogP contribution in [0.1, 0.15) is 38.1 Å². The van der Waals surface area contributed by atoms with Gasteiger partial charge in [0.15, 0.2) is 9.84 Å². The third-order valence-electron chi connectivity index (χ3n) is 3.58. The summed E-state index contributed by atoms with van der Waals surface area (Å²) >= 11 is 0. The highest BCUT2D eigenvalue weighted by Gasteiger charge is 2.28. The number of sulfone groups is 1. The molecule has 1 unspecified atom stereocenters. The smallest absolute Gasteiger partial charge is 0.152 e. The molecular formula is C14H24N4O2S. The molecule has 1 saturated heterocycles. The van der Waals surface area contributed by atoms with Crippen molar-refractivity contribution in [2.45, 2.75) is 46.1 Å². The minimum atomic E-state index is -2.89. The quantitative estimate of drug-likeness (QED) is 0.833. The van der Waals surface area contributed by atoms with Gasteiger partial charge in [-0.25, -0.2) is 18.4 Å². The van der Waals surface area contributed by atoms with Crippen molar-refractivity contribution in [2.24, 2.45) is 0 Å². The van der Waals surface area contributed by atoms with Crippen molar-refractivity contribution >= 4 is 21.5 Å². The molecule has 0 aromatic carbocycles. The summed E-state index contributed by atoms with van der Waals surface area (Å²) in [6.07, 6.45) is 2.44. The Morgan fingerprint density at radius 3 is 2.52 bits per heavy atom. The van der Waals surface area contributed by atoms with E-state index in [0.29, 0.717) is 6.42 Å². The van der Waals surface area contributed by atoms with Crippen LogP contribution in [0, 0.1) is 6.92 Å². The van der Waals surface area contributed by atoms with Crippen LogP contribution in [0.4, 0.5) is 11.6 Å². The molecule has 0 amide bonds. The van der Waals surface area contributed by atoms with Crippen LogP contribution in [0.25, 0.3) is 0 Å². The molecule has 0 bridgehead atoms. The normalized spacial score (nSPS) is 20.4. The monoisotopic (exact) mass is 312 g/mol. The van der Waals surface area contributed by atoms with Gasteiger partial charge in [-0.3, -0.25) is 0 Å². The van der Waals surface area contributed by atoms with Gasteiger partial charge < -0.3 is 10.6 Å². The summed E-state index contributed by atoms with van der Waals surface area (Å²) in [5.41, 5.74) is 0.945. The standard InChI is InChI=1S/C14H24N4O2S/c1-4-6-12-17-13(15-5-2)10(3)14(18-12)16-11-7-8-21(19,20)9-11/h11H,4-9H2,1-3H3,(H2,15,16,17,18). The molecule has 0 radical (unpaired) electrons. The predicted molar refractivity (Wildman–Crippen MR) is 85.6 cm³/mol. The van der Waals surface area contributed by atoms with E-state index in [1.54, 1.807) is 0 Å². The molecule has 1 aliphatic heterocycles. The Morgan fingerprint density at radius 2 is 1.95 bits per heavy atom. The van der Waals surface area contributed by atoms with Crippen molar-refractivity contribution < 1.29 is 8.42 Å². The highest BCUT2D eigenvalue weighted by Crippen LogP contribution is 2.23. The average Bonchev–Trinajstić information content (AvgIpc) is 2.75. The zero-order valence-electron chi connectivity index (χ0n) is 12.9. The predicted octanol–water partition coefficient (Wildman–Crippen LogP) is 1.77. The maximum absolute atomic E-state index is 11.6. The summed E-state index contributed by atoms with van der Waals surface area (Å²) < 4.78 is 23.1. The van der Waals surface area contributed by atoms with Crippen LogP contribution in [-0.4, -0.2) is 42.5 Å². The van der Waals surface area contributed by atoms with Gasteiger partial charge in [-0.05, 0) is 26.7 Å². The molecule has 1 aliphatic rings. The lowest BCUT2D eigenvalue weighted by Crippen LogP contribution is -2.23. The first-order chi connectivity index (χ1) is 9.95. The summed E-state index contributed by atoms with van der Waals surface area (Å²) in [4.78, 5) is 9.09. The zero-order chi connectivity index (χ0) is 15.5. The molecule has 1 fully saturated rings. The molecule has 7 heteroatoms. The van der Waals surface area contributed by atoms with E-state index in [1.807, 2.05) is 13.8 Å². The SMILES string of the molecule is CCCc1nc(NCC)c(C)c(NC2CCS(=O)(=O)C2)n1. The third-order valence-corrected chi connectivity index (χ3v) is 5.35. The second-order valence-corrected chi connectivity index (χ2v) is 7.72. The van der Waals surface area contributed by atoms with Gasteiger partial charge in [0.1, 0.15) is 17.5 Å². The first-order valence-electron chi connectivity index (χ1n) is 7.53. The second kappa shape index (κ2) is 6.60. The van der Waals surface area contributed by atoms with Crippen LogP contribution in [0.5, 0.6) is 0 Å². The van der Waals surface area contributed by atoms with Gasteiger partial charge in [-0.15, -0.1) is 0 Å². The number of hydrogen-bond acceptors (Lipinski definition) is 6. The molecule has 1 atom stereocenters. The molecule has 1 aromatic rings. The van der Waals surface area contributed by atoms with Gasteiger partial charge in [0.25, 0.3) is 0 Å². The Morgan fingerprint density at radius 1 is 1.24 bits per heavy atom. The van der Waals surface area contributed by atoms with E-state index in [4.69, 9.17) is 0 Å². The van der Waals surface area contributed by atoms with Crippen LogP contribution in [0.3, 0.4) is 0 Å². The third kappa shape index (κ3) is 4.06. The van der Waals surface area contributed by atoms with Crippen molar-refractivity contribution in [3.63, 3.8) is 0 Å². The molecule has 21 heavy (non-hydrogen) atoms. The fraction of sp³-hybridized carbons (Fsp3) is 0.714. The van der Waals surface area contributed by atoms with E-state index in [9.17, 15) is 8.42 Å². The first-order valence-corrected chi connectivity index (χ1v) is 9.35. The van der Waals surface area contributed by atoms with E-state index in [0.717, 1.165) is 42.4 Å². The maximum Gasteiger partial charge on any atom is 0.152 e. The van der Waals surface area contributed by atoms with Crippen molar-refractivity contribution in [3.8, 4) is 0 Å². The summed E-state index contributed by atoms with van der Waals surface area (Å²) in [7, 11) is -2.89. The molecule has 0 spiro atoms. The van der Waals surface area contributed by atoms with Gasteiger partial charge in [-0.1, -0.05) is 6.92 Å². The number of nitrogens with one attached hydrogen (secondary N) is 2. The van der Waals surface area contributed by atoms with Gasteiger partial charge in [0, 0.05) is 24.6 Å². The van der Waals surface area contributed by atoms with E-state index in [-0.39, 0.29) is 17.5 Å². The lowest BCUT2D eigenvalue weighted by Gasteiger charge is -2.17. The van der Waals surface area contributed by atoms with Gasteiger partial charge in [0.2, 0.25) is 0 Å². The Kier molecular flexibility index (Phi) is 5.03.